The second kappa shape index (κ2) is 9.34. The summed E-state index contributed by atoms with van der Waals surface area (Å²) in [4.78, 5) is 44.1. The lowest BCUT2D eigenvalue weighted by Gasteiger charge is -2.23. The third kappa shape index (κ3) is 4.23. The van der Waals surface area contributed by atoms with Crippen molar-refractivity contribution in [1.29, 1.82) is 0 Å². The number of fused-ring (bicyclic) bond motifs is 1. The normalized spacial score (nSPS) is 17.4. The summed E-state index contributed by atoms with van der Waals surface area (Å²) in [6.07, 6.45) is 0. The Kier molecular flexibility index (Phi) is 6.28. The van der Waals surface area contributed by atoms with Gasteiger partial charge in [0.2, 0.25) is 0 Å². The molecule has 38 heavy (non-hydrogen) atoms. The SMILES string of the molecule is COc1ccc(C(C)(C)C)cc1/C(O)=C1\C(=O)C(=O)N(c2nc3ccc([N+](=O)[O-])cc3s2)C1c1cccs1. The van der Waals surface area contributed by atoms with Crippen molar-refractivity contribution in [3.8, 4) is 5.75 Å². The minimum atomic E-state index is -0.937. The van der Waals surface area contributed by atoms with E-state index in [1.54, 1.807) is 24.3 Å². The summed E-state index contributed by atoms with van der Waals surface area (Å²) in [5, 5.41) is 24.9. The van der Waals surface area contributed by atoms with Gasteiger partial charge in [-0.3, -0.25) is 24.6 Å². The highest BCUT2D eigenvalue weighted by Crippen LogP contribution is 2.46. The first-order valence-corrected chi connectivity index (χ1v) is 13.3. The summed E-state index contributed by atoms with van der Waals surface area (Å²) in [7, 11) is 1.47. The van der Waals surface area contributed by atoms with Crippen LogP contribution in [0.2, 0.25) is 0 Å². The van der Waals surface area contributed by atoms with Crippen LogP contribution < -0.4 is 9.64 Å². The highest BCUT2D eigenvalue weighted by Gasteiger charge is 2.49. The van der Waals surface area contributed by atoms with Crippen LogP contribution in [0.5, 0.6) is 5.75 Å². The van der Waals surface area contributed by atoms with Crippen LogP contribution in [-0.2, 0) is 15.0 Å². The van der Waals surface area contributed by atoms with E-state index in [9.17, 15) is 24.8 Å². The number of anilines is 1. The molecule has 1 atom stereocenters. The number of amides is 1. The van der Waals surface area contributed by atoms with Gasteiger partial charge in [-0.15, -0.1) is 11.3 Å². The Morgan fingerprint density at radius 1 is 1.16 bits per heavy atom. The summed E-state index contributed by atoms with van der Waals surface area (Å²) in [5.74, 6) is -1.68. The largest absolute Gasteiger partial charge is 0.507 e. The van der Waals surface area contributed by atoms with Crippen molar-refractivity contribution in [2.45, 2.75) is 32.2 Å². The molecule has 4 aromatic rings. The molecule has 1 aliphatic heterocycles. The summed E-state index contributed by atoms with van der Waals surface area (Å²) in [6.45, 7) is 6.09. The molecule has 1 saturated heterocycles. The van der Waals surface area contributed by atoms with E-state index in [2.05, 4.69) is 4.98 Å². The van der Waals surface area contributed by atoms with Crippen LogP contribution in [0, 0.1) is 10.1 Å². The predicted molar refractivity (Wildman–Crippen MR) is 147 cm³/mol. The molecule has 9 nitrogen and oxygen atoms in total. The summed E-state index contributed by atoms with van der Waals surface area (Å²) in [6, 6.07) is 12.3. The van der Waals surface area contributed by atoms with Crippen molar-refractivity contribution in [1.82, 2.24) is 4.98 Å². The standard InChI is InChI=1S/C27H23N3O6S2/c1-27(2,3)14-7-10-18(36-4)16(12-14)23(31)21-22(19-6-5-11-37-19)29(25(33)24(21)32)26-28-17-9-8-15(30(34)35)13-20(17)38-26/h5-13,22,31H,1-4H3/b23-21+. The number of aliphatic hydroxyl groups is 1. The first-order valence-electron chi connectivity index (χ1n) is 11.6. The van der Waals surface area contributed by atoms with Crippen molar-refractivity contribution >= 4 is 61.2 Å². The van der Waals surface area contributed by atoms with Crippen molar-refractivity contribution in [2.24, 2.45) is 0 Å². The van der Waals surface area contributed by atoms with E-state index in [-0.39, 0.29) is 27.6 Å². The molecule has 3 heterocycles. The number of aromatic nitrogens is 1. The maximum atomic E-state index is 13.5. The number of nitro benzene ring substituents is 1. The van der Waals surface area contributed by atoms with Gasteiger partial charge in [0, 0.05) is 17.0 Å². The number of carbonyl (C=O) groups is 2. The first-order chi connectivity index (χ1) is 18.0. The van der Waals surface area contributed by atoms with E-state index < -0.39 is 22.7 Å². The van der Waals surface area contributed by atoms with Gasteiger partial charge >= 0.3 is 5.91 Å². The molecule has 0 spiro atoms. The highest BCUT2D eigenvalue weighted by molar-refractivity contribution is 7.22. The fourth-order valence-corrected chi connectivity index (χ4v) is 6.22. The van der Waals surface area contributed by atoms with Crippen LogP contribution >= 0.6 is 22.7 Å². The Morgan fingerprint density at radius 3 is 2.55 bits per heavy atom. The van der Waals surface area contributed by atoms with Crippen LogP contribution in [0.15, 0.2) is 59.5 Å². The van der Waals surface area contributed by atoms with E-state index in [4.69, 9.17) is 4.74 Å². The molecule has 1 fully saturated rings. The Bertz CT molecular complexity index is 1630. The molecule has 0 saturated carbocycles. The van der Waals surface area contributed by atoms with Crippen LogP contribution in [0.25, 0.3) is 16.0 Å². The molecule has 1 aliphatic rings. The van der Waals surface area contributed by atoms with Crippen LogP contribution in [-0.4, -0.2) is 33.8 Å². The van der Waals surface area contributed by atoms with Crippen molar-refractivity contribution in [2.75, 3.05) is 12.0 Å². The number of carbonyl (C=O) groups excluding carboxylic acids is 2. The highest BCUT2D eigenvalue weighted by atomic mass is 32.1. The molecule has 2 aromatic carbocycles. The maximum Gasteiger partial charge on any atom is 0.301 e. The first kappa shape index (κ1) is 25.6. The summed E-state index contributed by atoms with van der Waals surface area (Å²) < 4.78 is 6.00. The molecular formula is C27H23N3O6S2. The average molecular weight is 550 g/mol. The summed E-state index contributed by atoms with van der Waals surface area (Å²) in [5.41, 5.74) is 1.25. The van der Waals surface area contributed by atoms with Gasteiger partial charge in [0.15, 0.2) is 5.13 Å². The number of ether oxygens (including phenoxy) is 1. The Balaban J connectivity index is 1.72. The minimum absolute atomic E-state index is 0.0768. The number of Topliss-reactive ketones (excluding diaryl/α,β-unsaturated/α-hetero) is 1. The second-order valence-electron chi connectivity index (χ2n) is 9.76. The average Bonchev–Trinajstić information content (AvgIpc) is 3.60. The van der Waals surface area contributed by atoms with Gasteiger partial charge in [-0.1, -0.05) is 44.2 Å². The number of hydrogen-bond donors (Lipinski definition) is 1. The van der Waals surface area contributed by atoms with Crippen molar-refractivity contribution < 1.29 is 24.4 Å². The zero-order valence-corrected chi connectivity index (χ0v) is 22.6. The van der Waals surface area contributed by atoms with E-state index >= 15 is 0 Å². The van der Waals surface area contributed by atoms with Gasteiger partial charge in [0.05, 0.1) is 33.4 Å². The molecule has 194 valence electrons. The molecule has 0 aliphatic carbocycles. The number of nitrogens with zero attached hydrogens (tertiary/aromatic N) is 3. The fraction of sp³-hybridized carbons (Fsp3) is 0.222. The molecule has 1 amide bonds. The molecule has 1 N–H and O–H groups in total. The molecule has 11 heteroatoms. The topological polar surface area (TPSA) is 123 Å². The molecule has 0 radical (unpaired) electrons. The van der Waals surface area contributed by atoms with Crippen LogP contribution in [0.3, 0.4) is 0 Å². The number of benzene rings is 2. The predicted octanol–water partition coefficient (Wildman–Crippen LogP) is 6.20. The van der Waals surface area contributed by atoms with Gasteiger partial charge in [0.1, 0.15) is 17.6 Å². The van der Waals surface area contributed by atoms with E-state index in [0.29, 0.717) is 26.4 Å². The quantitative estimate of drug-likeness (QED) is 0.103. The number of hydrogen-bond acceptors (Lipinski definition) is 9. The monoisotopic (exact) mass is 549 g/mol. The summed E-state index contributed by atoms with van der Waals surface area (Å²) >= 11 is 2.40. The van der Waals surface area contributed by atoms with Gasteiger partial charge in [0.25, 0.3) is 11.5 Å². The Morgan fingerprint density at radius 2 is 1.92 bits per heavy atom. The molecular weight excluding hydrogens is 526 g/mol. The Labute approximate surface area is 225 Å². The van der Waals surface area contributed by atoms with E-state index in [1.165, 1.54) is 41.5 Å². The molecule has 2 aromatic heterocycles. The van der Waals surface area contributed by atoms with Crippen LogP contribution in [0.4, 0.5) is 10.8 Å². The maximum absolute atomic E-state index is 13.5. The zero-order valence-electron chi connectivity index (χ0n) is 20.9. The lowest BCUT2D eigenvalue weighted by molar-refractivity contribution is -0.384. The van der Waals surface area contributed by atoms with E-state index in [0.717, 1.165) is 16.9 Å². The number of thiazole rings is 1. The third-order valence-electron chi connectivity index (χ3n) is 6.36. The molecule has 1 unspecified atom stereocenters. The number of thiophene rings is 1. The number of ketones is 1. The molecule has 5 rings (SSSR count). The number of aliphatic hydroxyl groups excluding tert-OH is 1. The van der Waals surface area contributed by atoms with Crippen molar-refractivity contribution in [3.63, 3.8) is 0 Å². The van der Waals surface area contributed by atoms with Gasteiger partial charge < -0.3 is 9.84 Å². The third-order valence-corrected chi connectivity index (χ3v) is 8.30. The number of nitro groups is 1. The van der Waals surface area contributed by atoms with Gasteiger partial charge in [-0.25, -0.2) is 4.98 Å². The molecule has 0 bridgehead atoms. The van der Waals surface area contributed by atoms with Gasteiger partial charge in [-0.2, -0.15) is 0 Å². The number of non-ortho nitro benzene ring substituents is 1. The fourth-order valence-electron chi connectivity index (χ4n) is 4.37. The van der Waals surface area contributed by atoms with Gasteiger partial charge in [-0.05, 0) is 40.6 Å². The van der Waals surface area contributed by atoms with E-state index in [1.807, 2.05) is 32.2 Å². The second-order valence-corrected chi connectivity index (χ2v) is 11.7. The zero-order chi connectivity index (χ0) is 27.4. The Hall–Kier alpha value is -4.09. The smallest absolute Gasteiger partial charge is 0.301 e. The number of rotatable bonds is 5. The van der Waals surface area contributed by atoms with Crippen molar-refractivity contribution in [3.05, 3.63) is 85.6 Å². The lowest BCUT2D eigenvalue weighted by Crippen LogP contribution is -2.28. The number of methoxy groups -OCH3 is 1. The lowest BCUT2D eigenvalue weighted by atomic mass is 9.85. The minimum Gasteiger partial charge on any atom is -0.507 e. The van der Waals surface area contributed by atoms with Crippen LogP contribution in [0.1, 0.15) is 42.8 Å².